The van der Waals surface area contributed by atoms with Crippen molar-refractivity contribution < 1.29 is 22.7 Å². The van der Waals surface area contributed by atoms with Gasteiger partial charge in [0.15, 0.2) is 0 Å². The van der Waals surface area contributed by atoms with Gasteiger partial charge >= 0.3 is 6.36 Å². The van der Waals surface area contributed by atoms with Gasteiger partial charge in [0, 0.05) is 25.1 Å². The number of carbonyl (C=O) groups is 1. The van der Waals surface area contributed by atoms with Crippen molar-refractivity contribution in [3.8, 4) is 0 Å². The minimum atomic E-state index is -4.61. The molecule has 22 heavy (non-hydrogen) atoms. The molecule has 1 N–H and O–H groups in total. The molecule has 0 aromatic carbocycles. The molecule has 0 bridgehead atoms. The predicted molar refractivity (Wildman–Crippen MR) is 70.1 cm³/mol. The van der Waals surface area contributed by atoms with Crippen molar-refractivity contribution >= 4 is 12.2 Å². The van der Waals surface area contributed by atoms with E-state index in [2.05, 4.69) is 20.0 Å². The summed E-state index contributed by atoms with van der Waals surface area (Å²) >= 11 is 0. The Kier molecular flexibility index (Phi) is 3.90. The number of hydrogen-bond donors (Lipinski definition) is 1. The number of aromatic nitrogens is 2. The molecule has 2 fully saturated rings. The molecule has 1 aliphatic heterocycles. The van der Waals surface area contributed by atoms with Gasteiger partial charge in [-0.15, -0.1) is 13.2 Å². The van der Waals surface area contributed by atoms with Crippen LogP contribution in [-0.2, 0) is 16.1 Å². The highest BCUT2D eigenvalue weighted by Crippen LogP contribution is 2.39. The predicted octanol–water partition coefficient (Wildman–Crippen LogP) is 1.32. The summed E-state index contributed by atoms with van der Waals surface area (Å²) in [5.41, 5.74) is 0.652. The second kappa shape index (κ2) is 5.71. The lowest BCUT2D eigenvalue weighted by molar-refractivity contribution is -0.344. The summed E-state index contributed by atoms with van der Waals surface area (Å²) in [5.74, 6) is 1.60. The number of alkyl halides is 3. The zero-order valence-corrected chi connectivity index (χ0v) is 11.6. The Morgan fingerprint density at radius 3 is 2.68 bits per heavy atom. The van der Waals surface area contributed by atoms with E-state index in [1.807, 2.05) is 0 Å². The Balaban J connectivity index is 1.68. The van der Waals surface area contributed by atoms with Crippen LogP contribution < -0.4 is 10.2 Å². The van der Waals surface area contributed by atoms with Crippen molar-refractivity contribution in [1.29, 1.82) is 0 Å². The summed E-state index contributed by atoms with van der Waals surface area (Å²) in [6, 6.07) is 1.69. The smallest absolute Gasteiger partial charge is 0.353 e. The second-order valence-corrected chi connectivity index (χ2v) is 5.44. The lowest BCUT2D eigenvalue weighted by atomic mass is 10.1. The summed E-state index contributed by atoms with van der Waals surface area (Å²) < 4.78 is 40.4. The number of carbonyl (C=O) groups excluding carboxylic acids is 1. The third-order valence-electron chi connectivity index (χ3n) is 3.56. The average Bonchev–Trinajstić information content (AvgIpc) is 3.23. The van der Waals surface area contributed by atoms with Crippen LogP contribution in [0, 0.1) is 0 Å². The first-order valence-electron chi connectivity index (χ1n) is 6.99. The summed E-state index contributed by atoms with van der Waals surface area (Å²) in [4.78, 5) is 20.9. The van der Waals surface area contributed by atoms with E-state index in [0.717, 1.165) is 12.8 Å². The number of nitrogens with zero attached hydrogens (tertiary/aromatic N) is 3. The van der Waals surface area contributed by atoms with Crippen LogP contribution in [0.5, 0.6) is 0 Å². The van der Waals surface area contributed by atoms with E-state index in [1.54, 1.807) is 11.0 Å². The van der Waals surface area contributed by atoms with Crippen molar-refractivity contribution in [2.24, 2.45) is 0 Å². The Bertz CT molecular complexity index is 557. The number of ether oxygens (including phenoxy) is 1. The fourth-order valence-corrected chi connectivity index (χ4v) is 2.31. The molecule has 120 valence electrons. The van der Waals surface area contributed by atoms with E-state index in [0.29, 0.717) is 29.7 Å². The number of anilines is 1. The summed E-state index contributed by atoms with van der Waals surface area (Å²) in [5, 5.41) is 2.53. The third-order valence-corrected chi connectivity index (χ3v) is 3.56. The number of nitrogens with one attached hydrogen (secondary N) is 1. The van der Waals surface area contributed by atoms with E-state index in [1.165, 1.54) is 0 Å². The molecule has 1 aromatic rings. The SMILES string of the molecule is O=CNCc1cc(N2CC(OC(F)(F)F)C2)nc(C2CC2)n1. The normalized spacial score (nSPS) is 19.0. The minimum absolute atomic E-state index is 0.140. The van der Waals surface area contributed by atoms with E-state index in [4.69, 9.17) is 0 Å². The molecular weight excluding hydrogens is 301 g/mol. The molecule has 0 unspecified atom stereocenters. The van der Waals surface area contributed by atoms with E-state index >= 15 is 0 Å². The number of halogens is 3. The second-order valence-electron chi connectivity index (χ2n) is 5.44. The van der Waals surface area contributed by atoms with Crippen LogP contribution in [0.1, 0.15) is 30.3 Å². The Morgan fingerprint density at radius 2 is 2.09 bits per heavy atom. The Labute approximate surface area is 124 Å². The van der Waals surface area contributed by atoms with Gasteiger partial charge < -0.3 is 10.2 Å². The molecule has 3 rings (SSSR count). The number of amides is 1. The maximum absolute atomic E-state index is 12.1. The van der Waals surface area contributed by atoms with Crippen molar-refractivity contribution in [2.45, 2.75) is 37.8 Å². The summed E-state index contributed by atoms with van der Waals surface area (Å²) in [6.07, 6.45) is -2.86. The molecule has 2 heterocycles. The zero-order chi connectivity index (χ0) is 15.7. The highest BCUT2D eigenvalue weighted by molar-refractivity contribution is 5.47. The topological polar surface area (TPSA) is 67.4 Å². The standard InChI is InChI=1S/C13H15F3N4O2/c14-13(15,16)22-10-5-20(6-10)11-3-9(4-17-7-21)18-12(19-11)8-1-2-8/h3,7-8,10H,1-2,4-6H2,(H,17,21). The third kappa shape index (κ3) is 3.65. The maximum Gasteiger partial charge on any atom is 0.522 e. The molecular formula is C13H15F3N4O2. The summed E-state index contributed by atoms with van der Waals surface area (Å²) in [6.45, 7) is 0.553. The molecule has 0 spiro atoms. The molecule has 1 saturated carbocycles. The van der Waals surface area contributed by atoms with Gasteiger partial charge in [0.05, 0.1) is 12.2 Å². The van der Waals surface area contributed by atoms with Crippen LogP contribution in [0.3, 0.4) is 0 Å². The van der Waals surface area contributed by atoms with Crippen molar-refractivity contribution in [2.75, 3.05) is 18.0 Å². The van der Waals surface area contributed by atoms with Gasteiger partial charge in [-0.05, 0) is 12.8 Å². The first-order valence-corrected chi connectivity index (χ1v) is 6.99. The highest BCUT2D eigenvalue weighted by atomic mass is 19.4. The van der Waals surface area contributed by atoms with Crippen LogP contribution in [0.25, 0.3) is 0 Å². The van der Waals surface area contributed by atoms with Crippen LogP contribution in [0.15, 0.2) is 6.07 Å². The minimum Gasteiger partial charge on any atom is -0.353 e. The molecule has 1 amide bonds. The first-order chi connectivity index (χ1) is 10.4. The monoisotopic (exact) mass is 316 g/mol. The maximum atomic E-state index is 12.1. The molecule has 9 heteroatoms. The largest absolute Gasteiger partial charge is 0.522 e. The first kappa shape index (κ1) is 15.0. The van der Waals surface area contributed by atoms with Gasteiger partial charge in [0.25, 0.3) is 0 Å². The van der Waals surface area contributed by atoms with E-state index < -0.39 is 12.5 Å². The van der Waals surface area contributed by atoms with Crippen molar-refractivity contribution in [1.82, 2.24) is 15.3 Å². The zero-order valence-electron chi connectivity index (χ0n) is 11.6. The lowest BCUT2D eigenvalue weighted by Crippen LogP contribution is -2.54. The molecule has 0 radical (unpaired) electrons. The van der Waals surface area contributed by atoms with Crippen molar-refractivity contribution in [3.05, 3.63) is 17.6 Å². The van der Waals surface area contributed by atoms with Gasteiger partial charge in [-0.1, -0.05) is 0 Å². The van der Waals surface area contributed by atoms with Crippen LogP contribution >= 0.6 is 0 Å². The Morgan fingerprint density at radius 1 is 1.36 bits per heavy atom. The molecule has 1 saturated heterocycles. The number of rotatable bonds is 6. The quantitative estimate of drug-likeness (QED) is 0.802. The summed E-state index contributed by atoms with van der Waals surface area (Å²) in [7, 11) is 0. The van der Waals surface area contributed by atoms with Gasteiger partial charge in [-0.2, -0.15) is 0 Å². The van der Waals surface area contributed by atoms with Crippen LogP contribution in [0.2, 0.25) is 0 Å². The van der Waals surface area contributed by atoms with Crippen molar-refractivity contribution in [3.63, 3.8) is 0 Å². The van der Waals surface area contributed by atoms with Gasteiger partial charge in [-0.25, -0.2) is 9.97 Å². The fourth-order valence-electron chi connectivity index (χ4n) is 2.31. The molecule has 1 aliphatic carbocycles. The highest BCUT2D eigenvalue weighted by Gasteiger charge is 2.40. The van der Waals surface area contributed by atoms with Gasteiger partial charge in [0.1, 0.15) is 17.7 Å². The Hall–Kier alpha value is -1.90. The molecule has 0 atom stereocenters. The molecule has 1 aromatic heterocycles. The average molecular weight is 316 g/mol. The molecule has 6 nitrogen and oxygen atoms in total. The van der Waals surface area contributed by atoms with Gasteiger partial charge in [0.2, 0.25) is 6.41 Å². The van der Waals surface area contributed by atoms with Gasteiger partial charge in [-0.3, -0.25) is 9.53 Å². The van der Waals surface area contributed by atoms with E-state index in [9.17, 15) is 18.0 Å². The number of hydrogen-bond acceptors (Lipinski definition) is 5. The lowest BCUT2D eigenvalue weighted by Gasteiger charge is -2.40. The fraction of sp³-hybridized carbons (Fsp3) is 0.615. The van der Waals surface area contributed by atoms with Crippen LogP contribution in [0.4, 0.5) is 19.0 Å². The van der Waals surface area contributed by atoms with E-state index in [-0.39, 0.29) is 19.6 Å². The van der Waals surface area contributed by atoms with Crippen LogP contribution in [-0.4, -0.2) is 41.9 Å². The molecule has 2 aliphatic rings.